The summed E-state index contributed by atoms with van der Waals surface area (Å²) in [7, 11) is -3.75. The summed E-state index contributed by atoms with van der Waals surface area (Å²) < 4.78 is 42.8. The number of sulfonamides is 1. The van der Waals surface area contributed by atoms with Crippen molar-refractivity contribution in [2.24, 2.45) is 0 Å². The standard InChI is InChI=1S/C21H27FN4O3S/c1-14-21(15(2)24-23-14)30(28,29)26-12-11-18-19(26)9-5-6-10-20(27)25(18)13-16-7-3-4-8-17(16)22/h3-4,7-8,18-19H,5-6,9-13H2,1-2H3,(H,23,24)/t18-,19+/m0/s1. The van der Waals surface area contributed by atoms with Crippen molar-refractivity contribution in [1.29, 1.82) is 0 Å². The SMILES string of the molecule is Cc1n[nH]c(C)c1S(=O)(=O)N1CC[C@H]2[C@H]1CCCCC(=O)N2Cc1ccccc1F. The van der Waals surface area contributed by atoms with E-state index in [1.165, 1.54) is 10.4 Å². The van der Waals surface area contributed by atoms with E-state index >= 15 is 0 Å². The lowest BCUT2D eigenvalue weighted by Gasteiger charge is -2.37. The summed E-state index contributed by atoms with van der Waals surface area (Å²) in [4.78, 5) is 14.9. The second-order valence-corrected chi connectivity index (χ2v) is 9.99. The molecule has 2 aliphatic rings. The van der Waals surface area contributed by atoms with Crippen LogP contribution < -0.4 is 0 Å². The lowest BCUT2D eigenvalue weighted by Crippen LogP contribution is -2.49. The molecule has 2 atom stereocenters. The normalized spacial score (nSPS) is 23.3. The third kappa shape index (κ3) is 3.65. The van der Waals surface area contributed by atoms with E-state index in [9.17, 15) is 17.6 Å². The average molecular weight is 435 g/mol. The molecule has 2 aromatic rings. The smallest absolute Gasteiger partial charge is 0.247 e. The van der Waals surface area contributed by atoms with Gasteiger partial charge in [0.2, 0.25) is 15.9 Å². The Morgan fingerprint density at radius 3 is 2.63 bits per heavy atom. The lowest BCUT2D eigenvalue weighted by atomic mass is 9.96. The quantitative estimate of drug-likeness (QED) is 0.802. The van der Waals surface area contributed by atoms with E-state index in [1.807, 2.05) is 0 Å². The fraction of sp³-hybridized carbons (Fsp3) is 0.524. The van der Waals surface area contributed by atoms with Crippen LogP contribution in [0.5, 0.6) is 0 Å². The molecule has 1 aromatic carbocycles. The molecule has 0 aliphatic carbocycles. The van der Waals surface area contributed by atoms with Crippen LogP contribution in [-0.2, 0) is 21.4 Å². The third-order valence-electron chi connectivity index (χ3n) is 6.25. The summed E-state index contributed by atoms with van der Waals surface area (Å²) in [5.41, 5.74) is 1.41. The first kappa shape index (κ1) is 21.0. The van der Waals surface area contributed by atoms with Gasteiger partial charge in [-0.15, -0.1) is 0 Å². The first-order valence-electron chi connectivity index (χ1n) is 10.4. The molecule has 0 saturated carbocycles. The molecule has 9 heteroatoms. The second-order valence-electron chi connectivity index (χ2n) is 8.16. The molecule has 30 heavy (non-hydrogen) atoms. The van der Waals surface area contributed by atoms with Crippen molar-refractivity contribution in [1.82, 2.24) is 19.4 Å². The van der Waals surface area contributed by atoms with Crippen LogP contribution in [0.4, 0.5) is 4.39 Å². The first-order chi connectivity index (χ1) is 14.3. The Bertz CT molecular complexity index is 1030. The van der Waals surface area contributed by atoms with Crippen molar-refractivity contribution in [3.8, 4) is 0 Å². The maximum absolute atomic E-state index is 14.3. The van der Waals surface area contributed by atoms with E-state index < -0.39 is 10.0 Å². The van der Waals surface area contributed by atoms with E-state index in [0.29, 0.717) is 49.2 Å². The molecule has 1 aromatic heterocycles. The lowest BCUT2D eigenvalue weighted by molar-refractivity contribution is -0.135. The molecule has 0 spiro atoms. The van der Waals surface area contributed by atoms with Crippen molar-refractivity contribution >= 4 is 15.9 Å². The highest BCUT2D eigenvalue weighted by Crippen LogP contribution is 2.36. The number of rotatable bonds is 4. The van der Waals surface area contributed by atoms with Crippen LogP contribution in [0.2, 0.25) is 0 Å². The summed E-state index contributed by atoms with van der Waals surface area (Å²) in [5, 5.41) is 6.80. The molecule has 4 rings (SSSR count). The molecule has 3 heterocycles. The number of carbonyl (C=O) groups is 1. The molecule has 7 nitrogen and oxygen atoms in total. The summed E-state index contributed by atoms with van der Waals surface area (Å²) in [6, 6.07) is 5.85. The van der Waals surface area contributed by atoms with E-state index in [-0.39, 0.29) is 35.2 Å². The van der Waals surface area contributed by atoms with Gasteiger partial charge in [0.1, 0.15) is 10.7 Å². The number of likely N-dealkylation sites (tertiary alicyclic amines) is 1. The van der Waals surface area contributed by atoms with Gasteiger partial charge in [0.15, 0.2) is 0 Å². The Balaban J connectivity index is 1.68. The molecule has 1 N–H and O–H groups in total. The minimum atomic E-state index is -3.75. The number of aryl methyl sites for hydroxylation is 2. The van der Waals surface area contributed by atoms with Crippen molar-refractivity contribution in [2.45, 2.75) is 69.5 Å². The van der Waals surface area contributed by atoms with Crippen LogP contribution in [0, 0.1) is 19.7 Å². The van der Waals surface area contributed by atoms with E-state index in [2.05, 4.69) is 10.2 Å². The molecule has 2 fully saturated rings. The molecule has 162 valence electrons. The monoisotopic (exact) mass is 434 g/mol. The summed E-state index contributed by atoms with van der Waals surface area (Å²) in [6.07, 6.45) is 3.12. The molecular formula is C21H27FN4O3S. The van der Waals surface area contributed by atoms with E-state index in [0.717, 1.165) is 6.42 Å². The Kier molecular flexibility index (Phi) is 5.67. The Hall–Kier alpha value is -2.26. The van der Waals surface area contributed by atoms with Gasteiger partial charge in [-0.25, -0.2) is 12.8 Å². The number of benzene rings is 1. The van der Waals surface area contributed by atoms with Crippen LogP contribution in [0.25, 0.3) is 0 Å². The van der Waals surface area contributed by atoms with Gasteiger partial charge < -0.3 is 4.90 Å². The fourth-order valence-electron chi connectivity index (χ4n) is 4.82. The number of carbonyl (C=O) groups excluding carboxylic acids is 1. The van der Waals surface area contributed by atoms with Gasteiger partial charge in [0.05, 0.1) is 11.4 Å². The highest BCUT2D eigenvalue weighted by molar-refractivity contribution is 7.89. The molecule has 0 bridgehead atoms. The Morgan fingerprint density at radius 1 is 1.17 bits per heavy atom. The number of fused-ring (bicyclic) bond motifs is 1. The number of halogens is 1. The Labute approximate surface area is 176 Å². The minimum absolute atomic E-state index is 0.0390. The Morgan fingerprint density at radius 2 is 1.93 bits per heavy atom. The van der Waals surface area contributed by atoms with Gasteiger partial charge >= 0.3 is 0 Å². The number of hydrogen-bond donors (Lipinski definition) is 1. The molecular weight excluding hydrogens is 407 g/mol. The van der Waals surface area contributed by atoms with Crippen molar-refractivity contribution in [3.63, 3.8) is 0 Å². The maximum Gasteiger partial charge on any atom is 0.247 e. The first-order valence-corrected chi connectivity index (χ1v) is 11.8. The number of H-pyrrole nitrogens is 1. The zero-order chi connectivity index (χ0) is 21.5. The molecule has 0 radical (unpaired) electrons. The summed E-state index contributed by atoms with van der Waals surface area (Å²) in [6.45, 7) is 3.87. The van der Waals surface area contributed by atoms with Crippen LogP contribution >= 0.6 is 0 Å². The van der Waals surface area contributed by atoms with Crippen LogP contribution in [0.1, 0.15) is 49.1 Å². The van der Waals surface area contributed by atoms with Crippen molar-refractivity contribution < 1.29 is 17.6 Å². The average Bonchev–Trinajstić information content (AvgIpc) is 3.26. The van der Waals surface area contributed by atoms with E-state index in [1.54, 1.807) is 36.9 Å². The number of aromatic nitrogens is 2. The highest BCUT2D eigenvalue weighted by Gasteiger charge is 2.46. The van der Waals surface area contributed by atoms with Crippen molar-refractivity contribution in [3.05, 3.63) is 47.0 Å². The second kappa shape index (κ2) is 8.11. The number of aromatic amines is 1. The van der Waals surface area contributed by atoms with E-state index in [4.69, 9.17) is 0 Å². The van der Waals surface area contributed by atoms with Gasteiger partial charge in [-0.1, -0.05) is 24.6 Å². The van der Waals surface area contributed by atoms with Crippen molar-refractivity contribution in [2.75, 3.05) is 6.54 Å². The molecule has 2 aliphatic heterocycles. The molecule has 2 saturated heterocycles. The zero-order valence-corrected chi connectivity index (χ0v) is 18.1. The van der Waals surface area contributed by atoms with Gasteiger partial charge in [0, 0.05) is 37.2 Å². The molecule has 1 amide bonds. The largest absolute Gasteiger partial charge is 0.334 e. The number of hydrogen-bond acceptors (Lipinski definition) is 4. The van der Waals surface area contributed by atoms with Gasteiger partial charge in [-0.05, 0) is 39.2 Å². The zero-order valence-electron chi connectivity index (χ0n) is 17.3. The predicted molar refractivity (Wildman–Crippen MR) is 110 cm³/mol. The molecule has 0 unspecified atom stereocenters. The van der Waals surface area contributed by atoms with Crippen LogP contribution in [-0.4, -0.2) is 52.4 Å². The summed E-state index contributed by atoms with van der Waals surface area (Å²) >= 11 is 0. The third-order valence-corrected chi connectivity index (χ3v) is 8.43. The maximum atomic E-state index is 14.3. The number of amides is 1. The van der Waals surface area contributed by atoms with Crippen LogP contribution in [0.3, 0.4) is 0 Å². The predicted octanol–water partition coefficient (Wildman–Crippen LogP) is 2.90. The summed E-state index contributed by atoms with van der Waals surface area (Å²) in [5.74, 6) is -0.390. The minimum Gasteiger partial charge on any atom is -0.334 e. The highest BCUT2D eigenvalue weighted by atomic mass is 32.2. The topological polar surface area (TPSA) is 86.4 Å². The van der Waals surface area contributed by atoms with Gasteiger partial charge in [-0.2, -0.15) is 9.40 Å². The number of nitrogens with one attached hydrogen (secondary N) is 1. The van der Waals surface area contributed by atoms with Gasteiger partial charge in [0.25, 0.3) is 0 Å². The van der Waals surface area contributed by atoms with Crippen LogP contribution in [0.15, 0.2) is 29.2 Å². The fourth-order valence-corrected chi connectivity index (χ4v) is 6.85. The number of nitrogens with zero attached hydrogens (tertiary/aromatic N) is 3. The van der Waals surface area contributed by atoms with Gasteiger partial charge in [-0.3, -0.25) is 9.89 Å².